The first-order valence-electron chi connectivity index (χ1n) is 13.2. The van der Waals surface area contributed by atoms with Crippen molar-refractivity contribution in [1.29, 1.82) is 0 Å². The molecule has 12 nitrogen and oxygen atoms in total. The molecule has 2 saturated heterocycles. The lowest BCUT2D eigenvalue weighted by molar-refractivity contribution is -0.118. The summed E-state index contributed by atoms with van der Waals surface area (Å²) in [5.74, 6) is 0.711. The fourth-order valence-corrected chi connectivity index (χ4v) is 6.09. The third-order valence-electron chi connectivity index (χ3n) is 8.08. The van der Waals surface area contributed by atoms with Crippen molar-refractivity contribution < 1.29 is 27.9 Å². The van der Waals surface area contributed by atoms with Gasteiger partial charge in [0.1, 0.15) is 11.1 Å². The third-order valence-corrected chi connectivity index (χ3v) is 8.08. The largest absolute Gasteiger partial charge is 0.465 e. The molecule has 4 aliphatic rings. The molecule has 3 N–H and O–H groups in total. The second-order valence-electron chi connectivity index (χ2n) is 10.9. The number of likely N-dealkylation sites (tertiary alicyclic amines) is 1. The van der Waals surface area contributed by atoms with Gasteiger partial charge >= 0.3 is 6.09 Å². The molecule has 13 heteroatoms. The minimum Gasteiger partial charge on any atom is -0.465 e. The molecule has 2 atom stereocenters. The number of amides is 2. The quantitative estimate of drug-likeness (QED) is 0.508. The number of nitrogens with two attached hydrogens (primary N) is 1. The molecule has 1 aromatic carbocycles. The standard InChI is InChI=1S/C26H28FN7O5/c1-13(28)23-30-17-8-15-6-14(7-16(15)20(27)21(17)38-23)10-33-4-2-26(3-5-33)12-34(25(36)39-26)18-9-29-24-22(31-18)32-19(35)11-37-24/h8-9,13-14H,2-7,10-12,28H2,1H3,(H,31,32,35)/t13-,14?/m1/s1. The number of anilines is 2. The average molecular weight is 538 g/mol. The number of oxazole rings is 1. The van der Waals surface area contributed by atoms with E-state index in [1.807, 2.05) is 6.07 Å². The van der Waals surface area contributed by atoms with E-state index in [0.717, 1.165) is 31.6 Å². The van der Waals surface area contributed by atoms with E-state index in [2.05, 4.69) is 25.2 Å². The summed E-state index contributed by atoms with van der Waals surface area (Å²) in [7, 11) is 0. The summed E-state index contributed by atoms with van der Waals surface area (Å²) < 4.78 is 32.0. The Balaban J connectivity index is 0.986. The van der Waals surface area contributed by atoms with Crippen molar-refractivity contribution in [3.05, 3.63) is 35.1 Å². The molecule has 2 amide bonds. The fourth-order valence-electron chi connectivity index (χ4n) is 6.09. The summed E-state index contributed by atoms with van der Waals surface area (Å²) in [6.45, 7) is 4.36. The van der Waals surface area contributed by atoms with Crippen LogP contribution in [0.1, 0.15) is 42.8 Å². The summed E-state index contributed by atoms with van der Waals surface area (Å²) in [4.78, 5) is 41.2. The Labute approximate surface area is 222 Å². The van der Waals surface area contributed by atoms with Gasteiger partial charge in [0.05, 0.1) is 18.8 Å². The van der Waals surface area contributed by atoms with Crippen molar-refractivity contribution in [1.82, 2.24) is 19.9 Å². The first kappa shape index (κ1) is 24.2. The molecular formula is C26H28FN7O5. The van der Waals surface area contributed by atoms with Crippen LogP contribution in [0, 0.1) is 11.7 Å². The number of benzene rings is 1. The van der Waals surface area contributed by atoms with Gasteiger partial charge in [0, 0.05) is 32.5 Å². The van der Waals surface area contributed by atoms with Crippen molar-refractivity contribution in [2.75, 3.05) is 43.0 Å². The fraction of sp³-hybridized carbons (Fsp3) is 0.500. The maximum atomic E-state index is 15.2. The number of rotatable bonds is 4. The second-order valence-corrected chi connectivity index (χ2v) is 10.9. The molecule has 1 unspecified atom stereocenters. The number of nitrogens with one attached hydrogen (secondary N) is 1. The zero-order valence-electron chi connectivity index (χ0n) is 21.4. The smallest absolute Gasteiger partial charge is 0.416 e. The zero-order valence-corrected chi connectivity index (χ0v) is 21.4. The molecular weight excluding hydrogens is 509 g/mol. The number of aromatic nitrogens is 3. The van der Waals surface area contributed by atoms with Gasteiger partial charge in [0.15, 0.2) is 29.6 Å². The Morgan fingerprint density at radius 2 is 2.08 bits per heavy atom. The monoisotopic (exact) mass is 537 g/mol. The van der Waals surface area contributed by atoms with Crippen LogP contribution in [0.3, 0.4) is 0 Å². The maximum Gasteiger partial charge on any atom is 0.416 e. The van der Waals surface area contributed by atoms with Crippen LogP contribution in [0.15, 0.2) is 16.7 Å². The van der Waals surface area contributed by atoms with Crippen molar-refractivity contribution in [3.8, 4) is 5.88 Å². The van der Waals surface area contributed by atoms with E-state index in [0.29, 0.717) is 48.6 Å². The summed E-state index contributed by atoms with van der Waals surface area (Å²) >= 11 is 0. The van der Waals surface area contributed by atoms with Gasteiger partial charge in [-0.2, -0.15) is 0 Å². The van der Waals surface area contributed by atoms with Crippen LogP contribution in [0.25, 0.3) is 11.1 Å². The highest BCUT2D eigenvalue weighted by Gasteiger charge is 2.48. The van der Waals surface area contributed by atoms with Crippen molar-refractivity contribution >= 4 is 34.7 Å². The minimum absolute atomic E-state index is 0.117. The number of nitrogens with zero attached hydrogens (tertiary/aromatic N) is 5. The van der Waals surface area contributed by atoms with Crippen LogP contribution >= 0.6 is 0 Å². The topological polar surface area (TPSA) is 149 Å². The van der Waals surface area contributed by atoms with Crippen molar-refractivity contribution in [2.24, 2.45) is 11.7 Å². The maximum absolute atomic E-state index is 15.2. The highest BCUT2D eigenvalue weighted by molar-refractivity contribution is 5.94. The normalized spacial score (nSPS) is 22.9. The summed E-state index contributed by atoms with van der Waals surface area (Å²) in [6, 6.07) is 1.54. The molecule has 3 aliphatic heterocycles. The van der Waals surface area contributed by atoms with E-state index in [4.69, 9.17) is 19.6 Å². The van der Waals surface area contributed by atoms with Gasteiger partial charge in [0.2, 0.25) is 5.89 Å². The van der Waals surface area contributed by atoms with Crippen LogP contribution in [-0.2, 0) is 22.4 Å². The van der Waals surface area contributed by atoms with E-state index in [1.54, 1.807) is 6.92 Å². The molecule has 0 saturated carbocycles. The van der Waals surface area contributed by atoms with E-state index >= 15 is 4.39 Å². The lowest BCUT2D eigenvalue weighted by Crippen LogP contribution is -2.48. The first-order chi connectivity index (χ1) is 18.8. The number of piperidine rings is 1. The second kappa shape index (κ2) is 8.85. The lowest BCUT2D eigenvalue weighted by atomic mass is 9.90. The van der Waals surface area contributed by atoms with Crippen LogP contribution in [0.2, 0.25) is 0 Å². The molecule has 1 spiro atoms. The number of halogens is 1. The molecule has 3 aromatic rings. The number of carbonyl (C=O) groups is 2. The number of fused-ring (bicyclic) bond motifs is 3. The van der Waals surface area contributed by atoms with Crippen molar-refractivity contribution in [3.63, 3.8) is 0 Å². The molecule has 0 radical (unpaired) electrons. The predicted molar refractivity (Wildman–Crippen MR) is 136 cm³/mol. The van der Waals surface area contributed by atoms with Gasteiger partial charge in [-0.25, -0.2) is 24.1 Å². The number of hydrogen-bond donors (Lipinski definition) is 2. The van der Waals surface area contributed by atoms with Gasteiger partial charge in [-0.3, -0.25) is 9.69 Å². The Kier molecular flexibility index (Phi) is 5.49. The predicted octanol–water partition coefficient (Wildman–Crippen LogP) is 2.31. The molecule has 39 heavy (non-hydrogen) atoms. The molecule has 2 fully saturated rings. The van der Waals surface area contributed by atoms with Crippen LogP contribution in [-0.4, -0.2) is 70.2 Å². The molecule has 1 aliphatic carbocycles. The first-order valence-corrected chi connectivity index (χ1v) is 13.2. The zero-order chi connectivity index (χ0) is 26.9. The SMILES string of the molecule is C[C@@H](N)c1nc2cc3c(c(F)c2o1)CC(CN1CCC2(CC1)CN(c1cnc4c(n1)NC(=O)CO4)C(=O)O2)C3. The third kappa shape index (κ3) is 4.16. The van der Waals surface area contributed by atoms with E-state index in [1.165, 1.54) is 11.1 Å². The Morgan fingerprint density at radius 1 is 1.26 bits per heavy atom. The van der Waals surface area contributed by atoms with Gasteiger partial charge < -0.3 is 29.8 Å². The number of ether oxygens (including phenoxy) is 2. The average Bonchev–Trinajstić information content (AvgIpc) is 3.61. The number of hydrogen-bond acceptors (Lipinski definition) is 10. The summed E-state index contributed by atoms with van der Waals surface area (Å²) in [6.07, 6.45) is 3.76. The van der Waals surface area contributed by atoms with Gasteiger partial charge in [-0.15, -0.1) is 0 Å². The molecule has 5 heterocycles. The minimum atomic E-state index is -0.607. The van der Waals surface area contributed by atoms with E-state index in [9.17, 15) is 9.59 Å². The van der Waals surface area contributed by atoms with Gasteiger partial charge in [-0.1, -0.05) is 0 Å². The highest BCUT2D eigenvalue weighted by atomic mass is 19.1. The Bertz CT molecular complexity index is 1500. The van der Waals surface area contributed by atoms with Crippen LogP contribution in [0.4, 0.5) is 20.8 Å². The molecule has 0 bridgehead atoms. The van der Waals surface area contributed by atoms with E-state index < -0.39 is 17.7 Å². The highest BCUT2D eigenvalue weighted by Crippen LogP contribution is 2.38. The number of carbonyl (C=O) groups excluding carboxylic acids is 2. The Hall–Kier alpha value is -3.84. The van der Waals surface area contributed by atoms with Crippen molar-refractivity contribution in [2.45, 2.75) is 44.2 Å². The van der Waals surface area contributed by atoms with Gasteiger partial charge in [-0.05, 0) is 42.9 Å². The summed E-state index contributed by atoms with van der Waals surface area (Å²) in [5, 5.41) is 2.61. The molecule has 204 valence electrons. The Morgan fingerprint density at radius 3 is 2.87 bits per heavy atom. The van der Waals surface area contributed by atoms with Crippen LogP contribution < -0.4 is 20.7 Å². The molecule has 7 rings (SSSR count). The van der Waals surface area contributed by atoms with Crippen LogP contribution in [0.5, 0.6) is 5.88 Å². The molecule has 2 aromatic heterocycles. The van der Waals surface area contributed by atoms with E-state index in [-0.39, 0.29) is 41.5 Å². The lowest BCUT2D eigenvalue weighted by Gasteiger charge is -2.38. The van der Waals surface area contributed by atoms with Gasteiger partial charge in [0.25, 0.3) is 11.8 Å². The summed E-state index contributed by atoms with van der Waals surface area (Å²) in [5.41, 5.74) is 7.65.